The zero-order valence-corrected chi connectivity index (χ0v) is 18.8. The molecule has 8 heteroatoms. The van der Waals surface area contributed by atoms with Crippen LogP contribution in [0.2, 0.25) is 0 Å². The lowest BCUT2D eigenvalue weighted by molar-refractivity contribution is 0.102. The number of hydrogen-bond donors (Lipinski definition) is 1. The molecule has 0 aliphatic rings. The second-order valence-corrected chi connectivity index (χ2v) is 7.86. The van der Waals surface area contributed by atoms with E-state index >= 15 is 0 Å². The number of halogens is 1. The molecule has 0 saturated carbocycles. The molecule has 0 saturated heterocycles. The fourth-order valence-corrected chi connectivity index (χ4v) is 3.84. The van der Waals surface area contributed by atoms with Crippen molar-refractivity contribution in [2.75, 3.05) is 19.5 Å². The first-order chi connectivity index (χ1) is 16.1. The molecule has 1 heterocycles. The van der Waals surface area contributed by atoms with Gasteiger partial charge in [0.1, 0.15) is 28.9 Å². The van der Waals surface area contributed by atoms with E-state index in [9.17, 15) is 9.18 Å². The predicted octanol–water partition coefficient (Wildman–Crippen LogP) is 5.80. The molecule has 1 aromatic heterocycles. The summed E-state index contributed by atoms with van der Waals surface area (Å²) >= 11 is 1.36. The highest BCUT2D eigenvalue weighted by Gasteiger charge is 2.14. The molecule has 0 atom stereocenters. The highest BCUT2D eigenvalue weighted by Crippen LogP contribution is 2.34. The molecule has 1 N–H and O–H groups in total. The Morgan fingerprint density at radius 2 is 1.73 bits per heavy atom. The number of amides is 1. The monoisotopic (exact) mass is 464 g/mol. The van der Waals surface area contributed by atoms with Crippen LogP contribution in [0.1, 0.15) is 16.1 Å². The summed E-state index contributed by atoms with van der Waals surface area (Å²) in [5, 5.41) is 5.21. The van der Waals surface area contributed by atoms with Gasteiger partial charge in [0.15, 0.2) is 11.5 Å². The van der Waals surface area contributed by atoms with Gasteiger partial charge >= 0.3 is 0 Å². The molecule has 0 fully saturated rings. The molecule has 0 unspecified atom stereocenters. The Kier molecular flexibility index (Phi) is 6.85. The van der Waals surface area contributed by atoms with Gasteiger partial charge in [-0.1, -0.05) is 12.1 Å². The van der Waals surface area contributed by atoms with Crippen molar-refractivity contribution in [2.45, 2.75) is 6.61 Å². The van der Waals surface area contributed by atoms with Gasteiger partial charge in [0.05, 0.1) is 14.2 Å². The van der Waals surface area contributed by atoms with E-state index in [-0.39, 0.29) is 18.3 Å². The third-order valence-corrected chi connectivity index (χ3v) is 5.69. The van der Waals surface area contributed by atoms with Crippen molar-refractivity contribution >= 4 is 22.9 Å². The minimum Gasteiger partial charge on any atom is -0.497 e. The molecule has 0 bridgehead atoms. The summed E-state index contributed by atoms with van der Waals surface area (Å²) in [6.07, 6.45) is 0. The smallest absolute Gasteiger partial charge is 0.275 e. The summed E-state index contributed by atoms with van der Waals surface area (Å²) < 4.78 is 29.5. The highest BCUT2D eigenvalue weighted by molar-refractivity contribution is 7.13. The average Bonchev–Trinajstić information content (AvgIpc) is 3.35. The summed E-state index contributed by atoms with van der Waals surface area (Å²) in [4.78, 5) is 17.0. The number of methoxy groups -OCH3 is 2. The number of carbonyl (C=O) groups excluding carboxylic acids is 1. The van der Waals surface area contributed by atoms with Gasteiger partial charge in [0, 0.05) is 16.6 Å². The Bertz CT molecular complexity index is 1240. The van der Waals surface area contributed by atoms with Crippen LogP contribution < -0.4 is 19.5 Å². The van der Waals surface area contributed by atoms with Crippen LogP contribution in [0, 0.1) is 5.82 Å². The van der Waals surface area contributed by atoms with E-state index in [2.05, 4.69) is 10.3 Å². The zero-order valence-electron chi connectivity index (χ0n) is 18.0. The van der Waals surface area contributed by atoms with Gasteiger partial charge in [-0.3, -0.25) is 4.79 Å². The molecule has 0 radical (unpaired) electrons. The van der Waals surface area contributed by atoms with Gasteiger partial charge in [-0.05, 0) is 60.2 Å². The minimum atomic E-state index is -0.297. The van der Waals surface area contributed by atoms with Crippen LogP contribution >= 0.6 is 11.3 Å². The fraction of sp³-hybridized carbons (Fsp3) is 0.120. The number of nitrogens with one attached hydrogen (secondary N) is 1. The van der Waals surface area contributed by atoms with Gasteiger partial charge < -0.3 is 19.5 Å². The summed E-state index contributed by atoms with van der Waals surface area (Å²) in [7, 11) is 3.14. The van der Waals surface area contributed by atoms with Gasteiger partial charge in [-0.15, -0.1) is 11.3 Å². The molecule has 33 heavy (non-hydrogen) atoms. The predicted molar refractivity (Wildman–Crippen MR) is 126 cm³/mol. The van der Waals surface area contributed by atoms with Crippen molar-refractivity contribution in [3.8, 4) is 27.8 Å². The van der Waals surface area contributed by atoms with Crippen molar-refractivity contribution in [1.82, 2.24) is 4.98 Å². The second-order valence-electron chi connectivity index (χ2n) is 7.00. The first-order valence-corrected chi connectivity index (χ1v) is 10.9. The Morgan fingerprint density at radius 3 is 2.42 bits per heavy atom. The van der Waals surface area contributed by atoms with E-state index in [1.54, 1.807) is 62.1 Å². The Morgan fingerprint density at radius 1 is 0.970 bits per heavy atom. The average molecular weight is 465 g/mol. The lowest BCUT2D eigenvalue weighted by Gasteiger charge is -2.12. The van der Waals surface area contributed by atoms with Crippen LogP contribution in [-0.4, -0.2) is 25.1 Å². The maximum Gasteiger partial charge on any atom is 0.275 e. The van der Waals surface area contributed by atoms with E-state index in [1.165, 1.54) is 23.5 Å². The van der Waals surface area contributed by atoms with Crippen molar-refractivity contribution in [3.05, 3.63) is 89.2 Å². The summed E-state index contributed by atoms with van der Waals surface area (Å²) in [5.74, 6) is 1.21. The minimum absolute atomic E-state index is 0.281. The van der Waals surface area contributed by atoms with Crippen LogP contribution in [0.3, 0.4) is 0 Å². The van der Waals surface area contributed by atoms with Crippen molar-refractivity contribution < 1.29 is 23.4 Å². The van der Waals surface area contributed by atoms with E-state index in [0.717, 1.165) is 11.1 Å². The first kappa shape index (κ1) is 22.3. The molecular formula is C25H21FN2O4S. The molecule has 0 aliphatic heterocycles. The maximum atomic E-state index is 13.1. The summed E-state index contributed by atoms with van der Waals surface area (Å²) in [6.45, 7) is 0.281. The van der Waals surface area contributed by atoms with Gasteiger partial charge in [0.2, 0.25) is 0 Å². The number of rotatable bonds is 8. The van der Waals surface area contributed by atoms with Crippen LogP contribution in [0.4, 0.5) is 10.1 Å². The zero-order chi connectivity index (χ0) is 23.2. The van der Waals surface area contributed by atoms with E-state index < -0.39 is 0 Å². The summed E-state index contributed by atoms with van der Waals surface area (Å²) in [6, 6.07) is 18.6. The number of anilines is 1. The van der Waals surface area contributed by atoms with Gasteiger partial charge in [-0.25, -0.2) is 9.37 Å². The van der Waals surface area contributed by atoms with Crippen LogP contribution in [-0.2, 0) is 6.61 Å². The molecule has 168 valence electrons. The number of thiazole rings is 1. The normalized spacial score (nSPS) is 10.5. The van der Waals surface area contributed by atoms with Gasteiger partial charge in [0.25, 0.3) is 5.91 Å². The van der Waals surface area contributed by atoms with Crippen molar-refractivity contribution in [2.24, 2.45) is 0 Å². The highest BCUT2D eigenvalue weighted by atomic mass is 32.1. The van der Waals surface area contributed by atoms with Crippen molar-refractivity contribution in [1.29, 1.82) is 0 Å². The van der Waals surface area contributed by atoms with Crippen LogP contribution in [0.25, 0.3) is 10.6 Å². The molecule has 0 spiro atoms. The number of nitrogens with zero attached hydrogens (tertiary/aromatic N) is 1. The number of benzene rings is 3. The van der Waals surface area contributed by atoms with E-state index in [0.29, 0.717) is 33.6 Å². The second kappa shape index (κ2) is 10.1. The SMILES string of the molecule is COc1ccc(NC(=O)c2csc(-c3ccc(OCc4ccc(F)cc4)c(OC)c3)n2)cc1. The molecule has 6 nitrogen and oxygen atoms in total. The van der Waals surface area contributed by atoms with Crippen LogP contribution in [0.5, 0.6) is 17.2 Å². The standard InChI is InChI=1S/C25H21FN2O4S/c1-30-20-10-8-19(9-11-20)27-24(29)21-15-33-25(28-21)17-5-12-22(23(13-17)31-2)32-14-16-3-6-18(26)7-4-16/h3-13,15H,14H2,1-2H3,(H,27,29). The number of hydrogen-bond acceptors (Lipinski definition) is 6. The number of carbonyl (C=O) groups is 1. The molecule has 0 aliphatic carbocycles. The topological polar surface area (TPSA) is 69.7 Å². The lowest BCUT2D eigenvalue weighted by Crippen LogP contribution is -2.12. The number of aromatic nitrogens is 1. The Hall–Kier alpha value is -3.91. The van der Waals surface area contributed by atoms with Gasteiger partial charge in [-0.2, -0.15) is 0 Å². The molecular weight excluding hydrogens is 443 g/mol. The Labute approximate surface area is 194 Å². The third kappa shape index (κ3) is 5.48. The van der Waals surface area contributed by atoms with E-state index in [1.807, 2.05) is 12.1 Å². The molecule has 3 aromatic carbocycles. The van der Waals surface area contributed by atoms with E-state index in [4.69, 9.17) is 14.2 Å². The first-order valence-electron chi connectivity index (χ1n) is 10.0. The quantitative estimate of drug-likeness (QED) is 0.357. The Balaban J connectivity index is 1.45. The lowest BCUT2D eigenvalue weighted by atomic mass is 10.2. The fourth-order valence-electron chi connectivity index (χ4n) is 3.04. The largest absolute Gasteiger partial charge is 0.497 e. The third-order valence-electron chi connectivity index (χ3n) is 4.80. The molecule has 4 rings (SSSR count). The number of ether oxygens (including phenoxy) is 3. The summed E-state index contributed by atoms with van der Waals surface area (Å²) in [5.41, 5.74) is 2.62. The molecule has 4 aromatic rings. The maximum absolute atomic E-state index is 13.1. The van der Waals surface area contributed by atoms with Crippen molar-refractivity contribution in [3.63, 3.8) is 0 Å². The van der Waals surface area contributed by atoms with Crippen LogP contribution in [0.15, 0.2) is 72.1 Å². The molecule has 1 amide bonds.